The van der Waals surface area contributed by atoms with Crippen molar-refractivity contribution in [2.24, 2.45) is 0 Å². The Hall–Kier alpha value is -3.65. The molecule has 0 bridgehead atoms. The summed E-state index contributed by atoms with van der Waals surface area (Å²) in [7, 11) is 5.17. The van der Waals surface area contributed by atoms with Crippen molar-refractivity contribution in [3.63, 3.8) is 0 Å². The van der Waals surface area contributed by atoms with Crippen LogP contribution in [-0.4, -0.2) is 73.5 Å². The molecule has 1 amide bonds. The fourth-order valence-corrected chi connectivity index (χ4v) is 4.04. The van der Waals surface area contributed by atoms with Crippen LogP contribution in [0.15, 0.2) is 54.1 Å². The third-order valence-corrected chi connectivity index (χ3v) is 5.77. The molecule has 1 heterocycles. The van der Waals surface area contributed by atoms with Gasteiger partial charge in [-0.15, -0.1) is 0 Å². The van der Waals surface area contributed by atoms with Gasteiger partial charge >= 0.3 is 5.97 Å². The second kappa shape index (κ2) is 11.7. The van der Waals surface area contributed by atoms with Gasteiger partial charge in [0.15, 0.2) is 0 Å². The Morgan fingerprint density at radius 1 is 1.09 bits per heavy atom. The fraction of sp³-hybridized carbons (Fsp3) is 0.370. The predicted octanol–water partition coefficient (Wildman–Crippen LogP) is 3.64. The van der Waals surface area contributed by atoms with Gasteiger partial charge in [0.25, 0.3) is 11.7 Å². The van der Waals surface area contributed by atoms with Gasteiger partial charge in [-0.05, 0) is 63.3 Å². The van der Waals surface area contributed by atoms with Gasteiger partial charge in [0.1, 0.15) is 11.5 Å². The number of methoxy groups -OCH3 is 1. The molecule has 0 radical (unpaired) electrons. The van der Waals surface area contributed by atoms with Crippen molar-refractivity contribution in [3.05, 3.63) is 70.8 Å². The number of hydrogen-bond donors (Lipinski definition) is 1. The van der Waals surface area contributed by atoms with Gasteiger partial charge in [-0.2, -0.15) is 0 Å². The molecular weight excluding hydrogens is 448 g/mol. The summed E-state index contributed by atoms with van der Waals surface area (Å²) >= 11 is 0. The summed E-state index contributed by atoms with van der Waals surface area (Å²) in [5, 5.41) is 11.2. The summed E-state index contributed by atoms with van der Waals surface area (Å²) in [4.78, 5) is 41.6. The van der Waals surface area contributed by atoms with Crippen molar-refractivity contribution < 1.29 is 29.0 Å². The van der Waals surface area contributed by atoms with Gasteiger partial charge in [0, 0.05) is 12.1 Å². The first-order valence-corrected chi connectivity index (χ1v) is 11.6. The van der Waals surface area contributed by atoms with Gasteiger partial charge in [0.2, 0.25) is 0 Å². The second-order valence-electron chi connectivity index (χ2n) is 8.64. The minimum atomic E-state index is -0.788. The van der Waals surface area contributed by atoms with E-state index in [1.807, 2.05) is 25.9 Å². The number of hydrogen-bond acceptors (Lipinski definition) is 7. The summed E-state index contributed by atoms with van der Waals surface area (Å²) in [6, 6.07) is 12.6. The fourth-order valence-electron chi connectivity index (χ4n) is 4.04. The quantitative estimate of drug-likeness (QED) is 0.240. The van der Waals surface area contributed by atoms with E-state index in [0.29, 0.717) is 42.0 Å². The number of ketones is 1. The van der Waals surface area contributed by atoms with E-state index in [-0.39, 0.29) is 11.3 Å². The Morgan fingerprint density at radius 2 is 1.80 bits per heavy atom. The number of aliphatic hydroxyl groups excluding tert-OH is 1. The van der Waals surface area contributed by atoms with Crippen LogP contribution < -0.4 is 4.74 Å². The van der Waals surface area contributed by atoms with Crippen LogP contribution >= 0.6 is 0 Å². The highest BCUT2D eigenvalue weighted by Crippen LogP contribution is 2.40. The Bertz CT molecular complexity index is 1110. The Kier molecular flexibility index (Phi) is 8.65. The minimum absolute atomic E-state index is 0.0123. The molecule has 186 valence electrons. The second-order valence-corrected chi connectivity index (χ2v) is 8.64. The molecule has 1 fully saturated rings. The van der Waals surface area contributed by atoms with Gasteiger partial charge < -0.3 is 24.4 Å². The van der Waals surface area contributed by atoms with Crippen LogP contribution in [0.2, 0.25) is 0 Å². The van der Waals surface area contributed by atoms with Crippen molar-refractivity contribution in [2.45, 2.75) is 25.8 Å². The summed E-state index contributed by atoms with van der Waals surface area (Å²) in [6.45, 7) is 3.58. The highest BCUT2D eigenvalue weighted by Gasteiger charge is 2.45. The van der Waals surface area contributed by atoms with Crippen LogP contribution in [0.4, 0.5) is 0 Å². The van der Waals surface area contributed by atoms with E-state index in [1.54, 1.807) is 48.5 Å². The lowest BCUT2D eigenvalue weighted by Gasteiger charge is -2.26. The molecule has 3 rings (SSSR count). The molecule has 2 aromatic carbocycles. The van der Waals surface area contributed by atoms with Crippen LogP contribution in [0, 0.1) is 0 Å². The number of rotatable bonds is 10. The van der Waals surface area contributed by atoms with Crippen molar-refractivity contribution in [2.75, 3.05) is 40.9 Å². The van der Waals surface area contributed by atoms with Crippen molar-refractivity contribution in [1.29, 1.82) is 0 Å². The Morgan fingerprint density at radius 3 is 2.43 bits per heavy atom. The first-order valence-electron chi connectivity index (χ1n) is 11.6. The molecule has 8 heteroatoms. The number of likely N-dealkylation sites (tertiary alicyclic amines) is 1. The molecule has 8 nitrogen and oxygen atoms in total. The van der Waals surface area contributed by atoms with Crippen LogP contribution in [0.3, 0.4) is 0 Å². The maximum absolute atomic E-state index is 13.2. The van der Waals surface area contributed by atoms with E-state index in [2.05, 4.69) is 0 Å². The molecule has 2 aromatic rings. The van der Waals surface area contributed by atoms with Crippen LogP contribution in [0.5, 0.6) is 5.75 Å². The van der Waals surface area contributed by atoms with E-state index in [0.717, 1.165) is 13.0 Å². The molecule has 1 unspecified atom stereocenters. The zero-order valence-electron chi connectivity index (χ0n) is 20.6. The lowest BCUT2D eigenvalue weighted by atomic mass is 9.94. The van der Waals surface area contributed by atoms with Crippen molar-refractivity contribution >= 4 is 23.4 Å². The summed E-state index contributed by atoms with van der Waals surface area (Å²) in [5.41, 5.74) is 1.36. The molecule has 1 N–H and O–H groups in total. The number of amides is 1. The number of carbonyl (C=O) groups is 3. The SMILES string of the molecule is CCCOc1cccc(C(O)=C2C(=O)C(=O)N(CCCN(C)C)C2c2ccc(C(=O)OC)cc2)c1. The van der Waals surface area contributed by atoms with E-state index in [9.17, 15) is 19.5 Å². The van der Waals surface area contributed by atoms with E-state index in [4.69, 9.17) is 9.47 Å². The summed E-state index contributed by atoms with van der Waals surface area (Å²) in [6.07, 6.45) is 1.48. The third-order valence-electron chi connectivity index (χ3n) is 5.77. The molecular formula is C27H32N2O6. The minimum Gasteiger partial charge on any atom is -0.507 e. The average molecular weight is 481 g/mol. The van der Waals surface area contributed by atoms with Crippen LogP contribution in [-0.2, 0) is 14.3 Å². The van der Waals surface area contributed by atoms with E-state index in [1.165, 1.54) is 12.0 Å². The van der Waals surface area contributed by atoms with Crippen LogP contribution in [0.1, 0.15) is 47.3 Å². The lowest BCUT2D eigenvalue weighted by molar-refractivity contribution is -0.139. The number of carbonyl (C=O) groups excluding carboxylic acids is 3. The third kappa shape index (κ3) is 5.89. The van der Waals surface area contributed by atoms with Gasteiger partial charge in [0.05, 0.1) is 30.9 Å². The summed E-state index contributed by atoms with van der Waals surface area (Å²) < 4.78 is 10.4. The highest BCUT2D eigenvalue weighted by molar-refractivity contribution is 6.46. The zero-order chi connectivity index (χ0) is 25.5. The molecule has 1 aliphatic heterocycles. The largest absolute Gasteiger partial charge is 0.507 e. The monoisotopic (exact) mass is 480 g/mol. The first kappa shape index (κ1) is 26.0. The zero-order valence-corrected chi connectivity index (χ0v) is 20.6. The molecule has 1 saturated heterocycles. The maximum Gasteiger partial charge on any atom is 0.337 e. The number of ether oxygens (including phenoxy) is 2. The number of esters is 1. The molecule has 1 atom stereocenters. The first-order chi connectivity index (χ1) is 16.8. The molecule has 0 aromatic heterocycles. The van der Waals surface area contributed by atoms with Crippen LogP contribution in [0.25, 0.3) is 5.76 Å². The Balaban J connectivity index is 2.07. The molecule has 1 aliphatic rings. The van der Waals surface area contributed by atoms with Gasteiger partial charge in [-0.25, -0.2) is 4.79 Å². The van der Waals surface area contributed by atoms with Crippen molar-refractivity contribution in [3.8, 4) is 5.75 Å². The van der Waals surface area contributed by atoms with Gasteiger partial charge in [-0.1, -0.05) is 31.2 Å². The molecule has 0 aliphatic carbocycles. The average Bonchev–Trinajstić information content (AvgIpc) is 3.11. The predicted molar refractivity (Wildman–Crippen MR) is 132 cm³/mol. The molecule has 0 spiro atoms. The molecule has 0 saturated carbocycles. The van der Waals surface area contributed by atoms with Crippen molar-refractivity contribution in [1.82, 2.24) is 9.80 Å². The number of benzene rings is 2. The van der Waals surface area contributed by atoms with E-state index < -0.39 is 23.7 Å². The highest BCUT2D eigenvalue weighted by atomic mass is 16.5. The topological polar surface area (TPSA) is 96.4 Å². The smallest absolute Gasteiger partial charge is 0.337 e. The molecule has 35 heavy (non-hydrogen) atoms. The number of aliphatic hydroxyl groups is 1. The Labute approximate surface area is 205 Å². The lowest BCUT2D eigenvalue weighted by Crippen LogP contribution is -2.32. The summed E-state index contributed by atoms with van der Waals surface area (Å²) in [5.74, 6) is -1.59. The van der Waals surface area contributed by atoms with Gasteiger partial charge in [-0.3, -0.25) is 9.59 Å². The maximum atomic E-state index is 13.2. The van der Waals surface area contributed by atoms with E-state index >= 15 is 0 Å². The normalized spacial score (nSPS) is 17.2. The number of nitrogens with zero attached hydrogens (tertiary/aromatic N) is 2. The standard InChI is InChI=1S/C27H32N2O6/c1-5-16-35-21-9-6-8-20(17-21)24(30)22-23(18-10-12-19(13-11-18)27(33)34-4)29(26(32)25(22)31)15-7-14-28(2)3/h6,8-13,17,23,30H,5,7,14-16H2,1-4H3. The number of Topliss-reactive ketones (excluding diaryl/α,β-unsaturated/α-hetero) is 1.